The van der Waals surface area contributed by atoms with Crippen LogP contribution in [0, 0.1) is 13.8 Å². The molecule has 33 heavy (non-hydrogen) atoms. The minimum absolute atomic E-state index is 0.227. The van der Waals surface area contributed by atoms with Gasteiger partial charge in [0, 0.05) is 29.6 Å². The highest BCUT2D eigenvalue weighted by Gasteiger charge is 2.29. The number of hydrogen-bond donors (Lipinski definition) is 1. The number of ether oxygens (including phenoxy) is 3. The zero-order valence-corrected chi connectivity index (χ0v) is 19.3. The first-order chi connectivity index (χ1) is 16.1. The number of rotatable bonds is 6. The number of hydrogen-bond acceptors (Lipinski definition) is 8. The molecule has 0 saturated carbocycles. The molecule has 0 amide bonds. The second-order valence-corrected chi connectivity index (χ2v) is 8.48. The van der Waals surface area contributed by atoms with Gasteiger partial charge in [-0.15, -0.1) is 0 Å². The minimum Gasteiger partial charge on any atom is -0.496 e. The molecule has 0 unspecified atom stereocenters. The molecule has 0 aliphatic carbocycles. The van der Waals surface area contributed by atoms with Gasteiger partial charge in [-0.3, -0.25) is 4.90 Å². The SMILES string of the molecule is COc1cc2c(cc1CN1CCC[C@H]1c1cccc(Nc3nc(C)cc(C)n3)n1)OCCO2. The first-order valence-electron chi connectivity index (χ1n) is 11.4. The van der Waals surface area contributed by atoms with Crippen molar-refractivity contribution in [3.8, 4) is 17.2 Å². The third kappa shape index (κ3) is 4.71. The van der Waals surface area contributed by atoms with Gasteiger partial charge >= 0.3 is 0 Å². The molecule has 3 aromatic rings. The average molecular weight is 448 g/mol. The van der Waals surface area contributed by atoms with Crippen molar-refractivity contribution in [3.63, 3.8) is 0 Å². The van der Waals surface area contributed by atoms with Crippen molar-refractivity contribution < 1.29 is 14.2 Å². The molecule has 1 N–H and O–H groups in total. The molecule has 1 fully saturated rings. The predicted molar refractivity (Wildman–Crippen MR) is 125 cm³/mol. The summed E-state index contributed by atoms with van der Waals surface area (Å²) in [5.41, 5.74) is 3.98. The van der Waals surface area contributed by atoms with E-state index in [4.69, 9.17) is 19.2 Å². The molecule has 1 atom stereocenters. The molecule has 4 heterocycles. The Kier molecular flexibility index (Phi) is 6.00. The Labute approximate surface area is 193 Å². The summed E-state index contributed by atoms with van der Waals surface area (Å²) in [6.07, 6.45) is 2.18. The van der Waals surface area contributed by atoms with Crippen molar-refractivity contribution in [1.29, 1.82) is 0 Å². The highest BCUT2D eigenvalue weighted by atomic mass is 16.6. The van der Waals surface area contributed by atoms with Crippen LogP contribution in [0.25, 0.3) is 0 Å². The van der Waals surface area contributed by atoms with Crippen LogP contribution in [0.3, 0.4) is 0 Å². The van der Waals surface area contributed by atoms with Gasteiger partial charge in [0.25, 0.3) is 0 Å². The Morgan fingerprint density at radius 1 is 1.03 bits per heavy atom. The second kappa shape index (κ2) is 9.23. The maximum absolute atomic E-state index is 5.80. The van der Waals surface area contributed by atoms with E-state index in [0.29, 0.717) is 19.2 Å². The van der Waals surface area contributed by atoms with Crippen LogP contribution in [0.15, 0.2) is 36.4 Å². The second-order valence-electron chi connectivity index (χ2n) is 8.48. The third-order valence-electron chi connectivity index (χ3n) is 6.02. The van der Waals surface area contributed by atoms with E-state index in [1.165, 1.54) is 0 Å². The highest BCUT2D eigenvalue weighted by Crippen LogP contribution is 2.39. The van der Waals surface area contributed by atoms with Crippen LogP contribution >= 0.6 is 0 Å². The fourth-order valence-corrected chi connectivity index (χ4v) is 4.60. The Bertz CT molecular complexity index is 1130. The van der Waals surface area contributed by atoms with Crippen molar-refractivity contribution in [2.45, 2.75) is 39.3 Å². The van der Waals surface area contributed by atoms with Crippen LogP contribution in [-0.2, 0) is 6.54 Å². The lowest BCUT2D eigenvalue weighted by molar-refractivity contribution is 0.169. The smallest absolute Gasteiger partial charge is 0.228 e. The van der Waals surface area contributed by atoms with Gasteiger partial charge in [-0.2, -0.15) is 0 Å². The van der Waals surface area contributed by atoms with E-state index in [2.05, 4.69) is 26.3 Å². The Hall–Kier alpha value is -3.39. The highest BCUT2D eigenvalue weighted by molar-refractivity contribution is 5.51. The first-order valence-corrected chi connectivity index (χ1v) is 11.4. The van der Waals surface area contributed by atoms with Crippen LogP contribution in [0.2, 0.25) is 0 Å². The molecule has 172 valence electrons. The maximum atomic E-state index is 5.80. The molecule has 2 aromatic heterocycles. The van der Waals surface area contributed by atoms with E-state index >= 15 is 0 Å². The van der Waals surface area contributed by atoms with Crippen molar-refractivity contribution in [2.75, 3.05) is 32.2 Å². The number of likely N-dealkylation sites (tertiary alicyclic amines) is 1. The molecular formula is C25H29N5O3. The lowest BCUT2D eigenvalue weighted by Gasteiger charge is -2.26. The summed E-state index contributed by atoms with van der Waals surface area (Å²) >= 11 is 0. The topological polar surface area (TPSA) is 81.6 Å². The lowest BCUT2D eigenvalue weighted by atomic mass is 10.1. The van der Waals surface area contributed by atoms with Crippen LogP contribution in [0.4, 0.5) is 11.8 Å². The summed E-state index contributed by atoms with van der Waals surface area (Å²) in [6.45, 7) is 6.82. The van der Waals surface area contributed by atoms with Gasteiger partial charge in [-0.1, -0.05) is 6.07 Å². The largest absolute Gasteiger partial charge is 0.496 e. The molecule has 8 heteroatoms. The number of methoxy groups -OCH3 is 1. The van der Waals surface area contributed by atoms with E-state index in [-0.39, 0.29) is 6.04 Å². The van der Waals surface area contributed by atoms with Gasteiger partial charge in [0.2, 0.25) is 5.95 Å². The molecule has 8 nitrogen and oxygen atoms in total. The number of aromatic nitrogens is 3. The number of fused-ring (bicyclic) bond motifs is 1. The molecule has 0 spiro atoms. The molecule has 0 radical (unpaired) electrons. The normalized spacial score (nSPS) is 17.7. The molecule has 5 rings (SSSR count). The lowest BCUT2D eigenvalue weighted by Crippen LogP contribution is -2.24. The number of anilines is 2. The average Bonchev–Trinajstić information content (AvgIpc) is 3.26. The predicted octanol–water partition coefficient (Wildman–Crippen LogP) is 4.35. The van der Waals surface area contributed by atoms with Crippen LogP contribution in [0.5, 0.6) is 17.2 Å². The zero-order valence-electron chi connectivity index (χ0n) is 19.3. The quantitative estimate of drug-likeness (QED) is 0.597. The molecule has 1 aromatic carbocycles. The van der Waals surface area contributed by atoms with E-state index < -0.39 is 0 Å². The molecular weight excluding hydrogens is 418 g/mol. The minimum atomic E-state index is 0.227. The van der Waals surface area contributed by atoms with Gasteiger partial charge in [0.1, 0.15) is 24.8 Å². The first kappa shape index (κ1) is 21.5. The number of nitrogens with zero attached hydrogens (tertiary/aromatic N) is 4. The number of pyridine rings is 1. The fourth-order valence-electron chi connectivity index (χ4n) is 4.60. The van der Waals surface area contributed by atoms with Crippen molar-refractivity contribution in [1.82, 2.24) is 19.9 Å². The Balaban J connectivity index is 1.36. The number of nitrogens with one attached hydrogen (secondary N) is 1. The molecule has 2 aliphatic rings. The number of aryl methyl sites for hydroxylation is 2. The van der Waals surface area contributed by atoms with Crippen molar-refractivity contribution in [3.05, 3.63) is 59.0 Å². The van der Waals surface area contributed by atoms with E-state index in [1.807, 2.05) is 44.2 Å². The van der Waals surface area contributed by atoms with E-state index in [0.717, 1.165) is 71.6 Å². The standard InChI is InChI=1S/C25H29N5O3/c1-16-12-17(2)27-25(26-16)29-24-8-4-6-19(28-24)20-7-5-9-30(20)15-18-13-22-23(14-21(18)31-3)33-11-10-32-22/h4,6,8,12-14,20H,5,7,9-11,15H2,1-3H3,(H,26,27,28,29)/t20-/m0/s1. The summed E-state index contributed by atoms with van der Waals surface area (Å²) in [5.74, 6) is 3.67. The van der Waals surface area contributed by atoms with Crippen molar-refractivity contribution in [2.24, 2.45) is 0 Å². The van der Waals surface area contributed by atoms with Crippen LogP contribution in [0.1, 0.15) is 41.5 Å². The van der Waals surface area contributed by atoms with Gasteiger partial charge in [-0.05, 0) is 57.5 Å². The third-order valence-corrected chi connectivity index (χ3v) is 6.02. The van der Waals surface area contributed by atoms with E-state index in [1.54, 1.807) is 7.11 Å². The summed E-state index contributed by atoms with van der Waals surface area (Å²) in [7, 11) is 1.70. The zero-order chi connectivity index (χ0) is 22.8. The van der Waals surface area contributed by atoms with Gasteiger partial charge in [0.15, 0.2) is 11.5 Å². The van der Waals surface area contributed by atoms with E-state index in [9.17, 15) is 0 Å². The molecule has 1 saturated heterocycles. The fraction of sp³-hybridized carbons (Fsp3) is 0.400. The van der Waals surface area contributed by atoms with Gasteiger partial charge in [0.05, 0.1) is 18.8 Å². The Morgan fingerprint density at radius 3 is 2.55 bits per heavy atom. The van der Waals surface area contributed by atoms with Crippen LogP contribution < -0.4 is 19.5 Å². The number of benzene rings is 1. The van der Waals surface area contributed by atoms with Gasteiger partial charge in [-0.25, -0.2) is 15.0 Å². The summed E-state index contributed by atoms with van der Waals surface area (Å²) in [5, 5.41) is 3.26. The summed E-state index contributed by atoms with van der Waals surface area (Å²) < 4.78 is 17.2. The monoisotopic (exact) mass is 447 g/mol. The van der Waals surface area contributed by atoms with Crippen LogP contribution in [-0.4, -0.2) is 46.7 Å². The summed E-state index contributed by atoms with van der Waals surface area (Å²) in [4.78, 5) is 16.3. The molecule has 0 bridgehead atoms. The Morgan fingerprint density at radius 2 is 1.79 bits per heavy atom. The van der Waals surface area contributed by atoms with Crippen molar-refractivity contribution >= 4 is 11.8 Å². The molecule has 2 aliphatic heterocycles. The summed E-state index contributed by atoms with van der Waals surface area (Å²) in [6, 6.07) is 12.2. The van der Waals surface area contributed by atoms with Gasteiger partial charge < -0.3 is 19.5 Å². The maximum Gasteiger partial charge on any atom is 0.228 e.